The van der Waals surface area contributed by atoms with Crippen LogP contribution in [0, 0.1) is 24.5 Å². The zero-order valence-electron chi connectivity index (χ0n) is 13.2. The van der Waals surface area contributed by atoms with Crippen LogP contribution in [0.4, 0.5) is 8.78 Å². The topological polar surface area (TPSA) is 12.0 Å². The van der Waals surface area contributed by atoms with Crippen molar-refractivity contribution in [3.63, 3.8) is 0 Å². The van der Waals surface area contributed by atoms with Crippen LogP contribution in [0.1, 0.15) is 69.0 Å². The van der Waals surface area contributed by atoms with Crippen LogP contribution < -0.4 is 5.32 Å². The quantitative estimate of drug-likeness (QED) is 0.752. The molecule has 3 heteroatoms. The largest absolute Gasteiger partial charge is 0.310 e. The molecule has 1 aliphatic carbocycles. The van der Waals surface area contributed by atoms with Crippen molar-refractivity contribution in [1.82, 2.24) is 5.32 Å². The van der Waals surface area contributed by atoms with Crippen LogP contribution in [0.5, 0.6) is 0 Å². The summed E-state index contributed by atoms with van der Waals surface area (Å²) in [7, 11) is 0. The van der Waals surface area contributed by atoms with Crippen LogP contribution in [0.3, 0.4) is 0 Å². The standard InChI is InChI=1S/C18H27F2N/c1-3-9-21-18(11-14-7-5-4-6-8-14)15-10-13(2)16(19)12-17(15)20/h10,12,14,18,21H,3-9,11H2,1-2H3. The molecule has 1 fully saturated rings. The molecular weight excluding hydrogens is 268 g/mol. The molecule has 0 saturated heterocycles. The van der Waals surface area contributed by atoms with Gasteiger partial charge in [0, 0.05) is 17.7 Å². The third kappa shape index (κ3) is 4.50. The molecule has 2 rings (SSSR count). The van der Waals surface area contributed by atoms with Crippen molar-refractivity contribution >= 4 is 0 Å². The molecular formula is C18H27F2N. The van der Waals surface area contributed by atoms with Gasteiger partial charge in [0.2, 0.25) is 0 Å². The van der Waals surface area contributed by atoms with Gasteiger partial charge < -0.3 is 5.32 Å². The maximum absolute atomic E-state index is 14.2. The van der Waals surface area contributed by atoms with Gasteiger partial charge in [0.25, 0.3) is 0 Å². The zero-order chi connectivity index (χ0) is 15.2. The normalized spacial score (nSPS) is 17.9. The first-order valence-corrected chi connectivity index (χ1v) is 8.30. The molecule has 0 radical (unpaired) electrons. The van der Waals surface area contributed by atoms with Crippen LogP contribution in [0.2, 0.25) is 0 Å². The van der Waals surface area contributed by atoms with E-state index in [1.165, 1.54) is 32.1 Å². The van der Waals surface area contributed by atoms with E-state index >= 15 is 0 Å². The molecule has 118 valence electrons. The number of hydrogen-bond acceptors (Lipinski definition) is 1. The smallest absolute Gasteiger partial charge is 0.130 e. The molecule has 1 unspecified atom stereocenters. The Balaban J connectivity index is 2.16. The van der Waals surface area contributed by atoms with E-state index in [0.29, 0.717) is 17.0 Å². The monoisotopic (exact) mass is 295 g/mol. The number of hydrogen-bond donors (Lipinski definition) is 1. The Morgan fingerprint density at radius 2 is 1.86 bits per heavy atom. The lowest BCUT2D eigenvalue weighted by Gasteiger charge is -2.28. The second kappa shape index (κ2) is 7.88. The average molecular weight is 295 g/mol. The van der Waals surface area contributed by atoms with Crippen LogP contribution >= 0.6 is 0 Å². The Morgan fingerprint density at radius 1 is 1.14 bits per heavy atom. The van der Waals surface area contributed by atoms with E-state index < -0.39 is 11.6 Å². The van der Waals surface area contributed by atoms with Gasteiger partial charge in [-0.05, 0) is 43.9 Å². The lowest BCUT2D eigenvalue weighted by Crippen LogP contribution is -2.26. The van der Waals surface area contributed by atoms with E-state index in [9.17, 15) is 8.78 Å². The molecule has 0 heterocycles. The lowest BCUT2D eigenvalue weighted by atomic mass is 9.83. The highest BCUT2D eigenvalue weighted by Gasteiger charge is 2.22. The first kappa shape index (κ1) is 16.4. The van der Waals surface area contributed by atoms with Crippen LogP contribution in [0.25, 0.3) is 0 Å². The molecule has 1 aromatic rings. The first-order valence-electron chi connectivity index (χ1n) is 8.30. The molecule has 1 N–H and O–H groups in total. The first-order chi connectivity index (χ1) is 10.1. The Morgan fingerprint density at radius 3 is 2.52 bits per heavy atom. The molecule has 1 nitrogen and oxygen atoms in total. The van der Waals surface area contributed by atoms with Gasteiger partial charge in [-0.3, -0.25) is 0 Å². The number of rotatable bonds is 6. The van der Waals surface area contributed by atoms with Gasteiger partial charge in [-0.25, -0.2) is 8.78 Å². The zero-order valence-corrected chi connectivity index (χ0v) is 13.2. The van der Waals surface area contributed by atoms with Gasteiger partial charge in [0.15, 0.2) is 0 Å². The summed E-state index contributed by atoms with van der Waals surface area (Å²) >= 11 is 0. The SMILES string of the molecule is CCCNC(CC1CCCCC1)c1cc(C)c(F)cc1F. The minimum Gasteiger partial charge on any atom is -0.310 e. The lowest BCUT2D eigenvalue weighted by molar-refractivity contribution is 0.296. The Bertz CT molecular complexity index is 453. The van der Waals surface area contributed by atoms with E-state index in [4.69, 9.17) is 0 Å². The second-order valence-electron chi connectivity index (χ2n) is 6.37. The van der Waals surface area contributed by atoms with Crippen LogP contribution in [0.15, 0.2) is 12.1 Å². The predicted octanol–water partition coefficient (Wildman–Crippen LogP) is 5.28. The molecule has 0 aliphatic heterocycles. The summed E-state index contributed by atoms with van der Waals surface area (Å²) in [4.78, 5) is 0. The Labute approximate surface area is 127 Å². The van der Waals surface area contributed by atoms with Crippen LogP contribution in [-0.4, -0.2) is 6.54 Å². The third-order valence-corrected chi connectivity index (χ3v) is 4.59. The van der Waals surface area contributed by atoms with Gasteiger partial charge in [-0.15, -0.1) is 0 Å². The highest BCUT2D eigenvalue weighted by atomic mass is 19.1. The predicted molar refractivity (Wildman–Crippen MR) is 83.3 cm³/mol. The minimum absolute atomic E-state index is 0.00681. The Kier molecular flexibility index (Phi) is 6.16. The summed E-state index contributed by atoms with van der Waals surface area (Å²) in [6, 6.07) is 2.72. The van der Waals surface area contributed by atoms with Crippen molar-refractivity contribution in [2.75, 3.05) is 6.54 Å². The van der Waals surface area contributed by atoms with E-state index in [-0.39, 0.29) is 6.04 Å². The van der Waals surface area contributed by atoms with Gasteiger partial charge in [0.05, 0.1) is 0 Å². The van der Waals surface area contributed by atoms with E-state index in [1.54, 1.807) is 13.0 Å². The fourth-order valence-electron chi connectivity index (χ4n) is 3.34. The minimum atomic E-state index is -0.455. The van der Waals surface area contributed by atoms with Crippen molar-refractivity contribution < 1.29 is 8.78 Å². The van der Waals surface area contributed by atoms with Crippen molar-refractivity contribution in [3.05, 3.63) is 34.9 Å². The maximum atomic E-state index is 14.2. The summed E-state index contributed by atoms with van der Waals surface area (Å²) in [5.41, 5.74) is 1.16. The van der Waals surface area contributed by atoms with Gasteiger partial charge in [-0.2, -0.15) is 0 Å². The van der Waals surface area contributed by atoms with Gasteiger partial charge in [0.1, 0.15) is 11.6 Å². The molecule has 1 aromatic carbocycles. The van der Waals surface area contributed by atoms with Crippen molar-refractivity contribution in [2.24, 2.45) is 5.92 Å². The fraction of sp³-hybridized carbons (Fsp3) is 0.667. The molecule has 0 amide bonds. The van der Waals surface area contributed by atoms with E-state index in [2.05, 4.69) is 12.2 Å². The number of nitrogens with one attached hydrogen (secondary N) is 1. The summed E-state index contributed by atoms with van der Waals surface area (Å²) in [5, 5.41) is 3.46. The number of halogens is 2. The molecule has 0 aromatic heterocycles. The summed E-state index contributed by atoms with van der Waals surface area (Å²) in [5.74, 6) is -0.205. The van der Waals surface area contributed by atoms with Crippen molar-refractivity contribution in [2.45, 2.75) is 64.8 Å². The molecule has 1 atom stereocenters. The average Bonchev–Trinajstić information content (AvgIpc) is 2.48. The van der Waals surface area contributed by atoms with E-state index in [0.717, 1.165) is 25.5 Å². The fourth-order valence-corrected chi connectivity index (χ4v) is 3.34. The molecule has 0 spiro atoms. The summed E-state index contributed by atoms with van der Waals surface area (Å²) in [6.45, 7) is 4.68. The molecule has 1 saturated carbocycles. The summed E-state index contributed by atoms with van der Waals surface area (Å²) < 4.78 is 27.7. The molecule has 1 aliphatic rings. The molecule has 0 bridgehead atoms. The third-order valence-electron chi connectivity index (χ3n) is 4.59. The highest BCUT2D eigenvalue weighted by Crippen LogP contribution is 2.33. The van der Waals surface area contributed by atoms with E-state index in [1.807, 2.05) is 0 Å². The van der Waals surface area contributed by atoms with Crippen molar-refractivity contribution in [3.8, 4) is 0 Å². The maximum Gasteiger partial charge on any atom is 0.130 e. The van der Waals surface area contributed by atoms with Crippen LogP contribution in [-0.2, 0) is 0 Å². The summed E-state index contributed by atoms with van der Waals surface area (Å²) in [6.07, 6.45) is 8.36. The number of aryl methyl sites for hydroxylation is 1. The Hall–Kier alpha value is -0.960. The second-order valence-corrected chi connectivity index (χ2v) is 6.37. The highest BCUT2D eigenvalue weighted by molar-refractivity contribution is 5.28. The molecule has 21 heavy (non-hydrogen) atoms. The van der Waals surface area contributed by atoms with Crippen molar-refractivity contribution in [1.29, 1.82) is 0 Å². The van der Waals surface area contributed by atoms with Gasteiger partial charge >= 0.3 is 0 Å². The van der Waals surface area contributed by atoms with Gasteiger partial charge in [-0.1, -0.05) is 39.0 Å². The number of benzene rings is 1.